The van der Waals surface area contributed by atoms with E-state index < -0.39 is 11.8 Å². The molecule has 0 aliphatic heterocycles. The maximum atomic E-state index is 13.6. The van der Waals surface area contributed by atoms with Crippen molar-refractivity contribution in [2.24, 2.45) is 0 Å². The molecule has 0 aliphatic rings. The molecule has 0 atom stereocenters. The molecule has 0 heterocycles. The van der Waals surface area contributed by atoms with Crippen LogP contribution in [0.2, 0.25) is 0 Å². The second-order valence-corrected chi connectivity index (χ2v) is 5.01. The smallest absolute Gasteiger partial charge is 0.338 e. The highest BCUT2D eigenvalue weighted by molar-refractivity contribution is 5.94. The zero-order valence-electron chi connectivity index (χ0n) is 13.6. The normalized spacial score (nSPS) is 10.2. The van der Waals surface area contributed by atoms with Crippen LogP contribution < -0.4 is 9.47 Å². The number of carbonyl (C=O) groups is 2. The maximum absolute atomic E-state index is 13.6. The van der Waals surface area contributed by atoms with Crippen LogP contribution in [0.15, 0.2) is 36.4 Å². The standard InChI is InChI=1S/C18H17FO5/c1-11(20)12-4-6-16(22-2)14(8-12)10-24-18(21)13-5-7-17(23-3)15(19)9-13/h4-9H,10H2,1-3H3. The van der Waals surface area contributed by atoms with E-state index in [0.717, 1.165) is 6.07 Å². The first kappa shape index (κ1) is 17.5. The summed E-state index contributed by atoms with van der Waals surface area (Å²) in [5.74, 6) is -0.909. The molecule has 0 radical (unpaired) electrons. The predicted octanol–water partition coefficient (Wildman–Crippen LogP) is 3.40. The number of carbonyl (C=O) groups excluding carboxylic acids is 2. The molecule has 0 saturated heterocycles. The first-order chi connectivity index (χ1) is 11.5. The number of ketones is 1. The van der Waals surface area contributed by atoms with Gasteiger partial charge in [0, 0.05) is 11.1 Å². The summed E-state index contributed by atoms with van der Waals surface area (Å²) in [5, 5.41) is 0. The quantitative estimate of drug-likeness (QED) is 0.599. The lowest BCUT2D eigenvalue weighted by Crippen LogP contribution is -2.07. The Balaban J connectivity index is 2.15. The topological polar surface area (TPSA) is 61.8 Å². The molecule has 0 N–H and O–H groups in total. The van der Waals surface area contributed by atoms with Crippen molar-refractivity contribution in [3.63, 3.8) is 0 Å². The van der Waals surface area contributed by atoms with Gasteiger partial charge in [0.05, 0.1) is 19.8 Å². The third-order valence-corrected chi connectivity index (χ3v) is 3.43. The number of ether oxygens (including phenoxy) is 3. The van der Waals surface area contributed by atoms with Gasteiger partial charge in [0.15, 0.2) is 17.3 Å². The van der Waals surface area contributed by atoms with Gasteiger partial charge in [0.1, 0.15) is 12.4 Å². The van der Waals surface area contributed by atoms with Crippen molar-refractivity contribution >= 4 is 11.8 Å². The molecule has 2 rings (SSSR count). The van der Waals surface area contributed by atoms with Gasteiger partial charge in [-0.2, -0.15) is 0 Å². The first-order valence-electron chi connectivity index (χ1n) is 7.14. The van der Waals surface area contributed by atoms with Gasteiger partial charge < -0.3 is 14.2 Å². The summed E-state index contributed by atoms with van der Waals surface area (Å²) in [5.41, 5.74) is 1.10. The van der Waals surface area contributed by atoms with E-state index in [2.05, 4.69) is 0 Å². The van der Waals surface area contributed by atoms with Crippen molar-refractivity contribution in [2.45, 2.75) is 13.5 Å². The summed E-state index contributed by atoms with van der Waals surface area (Å²) in [6.07, 6.45) is 0. The summed E-state index contributed by atoms with van der Waals surface area (Å²) in [6.45, 7) is 1.34. The fourth-order valence-corrected chi connectivity index (χ4v) is 2.13. The molecule has 0 saturated carbocycles. The van der Waals surface area contributed by atoms with Crippen molar-refractivity contribution in [1.82, 2.24) is 0 Å². The second-order valence-electron chi connectivity index (χ2n) is 5.01. The molecular weight excluding hydrogens is 315 g/mol. The molecule has 0 fully saturated rings. The summed E-state index contributed by atoms with van der Waals surface area (Å²) in [7, 11) is 2.82. The van der Waals surface area contributed by atoms with Crippen molar-refractivity contribution in [2.75, 3.05) is 14.2 Å². The number of hydrogen-bond acceptors (Lipinski definition) is 5. The van der Waals surface area contributed by atoms with Gasteiger partial charge in [-0.15, -0.1) is 0 Å². The molecule has 0 spiro atoms. The summed E-state index contributed by atoms with van der Waals surface area (Å²) >= 11 is 0. The molecule has 0 aromatic heterocycles. The Labute approximate surface area is 139 Å². The van der Waals surface area contributed by atoms with Crippen LogP contribution >= 0.6 is 0 Å². The van der Waals surface area contributed by atoms with Crippen molar-refractivity contribution in [1.29, 1.82) is 0 Å². The van der Waals surface area contributed by atoms with Gasteiger partial charge in [0.25, 0.3) is 0 Å². The Hall–Kier alpha value is -2.89. The van der Waals surface area contributed by atoms with Crippen molar-refractivity contribution in [3.8, 4) is 11.5 Å². The summed E-state index contributed by atoms with van der Waals surface area (Å²) in [4.78, 5) is 23.5. The zero-order valence-corrected chi connectivity index (χ0v) is 13.6. The molecule has 24 heavy (non-hydrogen) atoms. The molecular formula is C18H17FO5. The Bertz CT molecular complexity index is 770. The fourth-order valence-electron chi connectivity index (χ4n) is 2.13. The molecule has 126 valence electrons. The minimum atomic E-state index is -0.688. The van der Waals surface area contributed by atoms with Crippen LogP contribution in [-0.2, 0) is 11.3 Å². The van der Waals surface area contributed by atoms with Gasteiger partial charge in [-0.3, -0.25) is 4.79 Å². The Kier molecular flexibility index (Phi) is 5.52. The largest absolute Gasteiger partial charge is 0.496 e. The molecule has 2 aromatic rings. The highest BCUT2D eigenvalue weighted by atomic mass is 19.1. The van der Waals surface area contributed by atoms with Gasteiger partial charge in [-0.25, -0.2) is 9.18 Å². The molecule has 2 aromatic carbocycles. The average molecular weight is 332 g/mol. The highest BCUT2D eigenvalue weighted by Crippen LogP contribution is 2.22. The van der Waals surface area contributed by atoms with E-state index >= 15 is 0 Å². The lowest BCUT2D eigenvalue weighted by molar-refractivity contribution is 0.0469. The lowest BCUT2D eigenvalue weighted by atomic mass is 10.1. The van der Waals surface area contributed by atoms with E-state index in [1.165, 1.54) is 33.3 Å². The Morgan fingerprint density at radius 1 is 0.958 bits per heavy atom. The highest BCUT2D eigenvalue weighted by Gasteiger charge is 2.14. The molecule has 0 bridgehead atoms. The lowest BCUT2D eigenvalue weighted by Gasteiger charge is -2.11. The monoisotopic (exact) mass is 332 g/mol. The number of halogens is 1. The minimum Gasteiger partial charge on any atom is -0.496 e. The predicted molar refractivity (Wildman–Crippen MR) is 85.1 cm³/mol. The van der Waals surface area contributed by atoms with E-state index in [1.54, 1.807) is 18.2 Å². The van der Waals surface area contributed by atoms with Gasteiger partial charge in [-0.1, -0.05) is 0 Å². The van der Waals surface area contributed by atoms with Gasteiger partial charge >= 0.3 is 5.97 Å². The van der Waals surface area contributed by atoms with E-state index in [0.29, 0.717) is 16.9 Å². The van der Waals surface area contributed by atoms with Crippen LogP contribution in [-0.4, -0.2) is 26.0 Å². The summed E-state index contributed by atoms with van der Waals surface area (Å²) in [6, 6.07) is 8.67. The van der Waals surface area contributed by atoms with Crippen LogP contribution in [0.5, 0.6) is 11.5 Å². The molecule has 6 heteroatoms. The van der Waals surface area contributed by atoms with Crippen LogP contribution in [0.25, 0.3) is 0 Å². The van der Waals surface area contributed by atoms with Crippen LogP contribution in [0.4, 0.5) is 4.39 Å². The van der Waals surface area contributed by atoms with Crippen LogP contribution in [0.1, 0.15) is 33.2 Å². The minimum absolute atomic E-state index is 0.0439. The third kappa shape index (κ3) is 3.90. The van der Waals surface area contributed by atoms with E-state index in [4.69, 9.17) is 14.2 Å². The van der Waals surface area contributed by atoms with Gasteiger partial charge in [-0.05, 0) is 43.3 Å². The van der Waals surface area contributed by atoms with Crippen LogP contribution in [0, 0.1) is 5.82 Å². The van der Waals surface area contributed by atoms with Gasteiger partial charge in [0.2, 0.25) is 0 Å². The van der Waals surface area contributed by atoms with Crippen molar-refractivity contribution < 1.29 is 28.2 Å². The molecule has 5 nitrogen and oxygen atoms in total. The van der Waals surface area contributed by atoms with Crippen LogP contribution in [0.3, 0.4) is 0 Å². The third-order valence-electron chi connectivity index (χ3n) is 3.43. The van der Waals surface area contributed by atoms with E-state index in [1.807, 2.05) is 0 Å². The number of methoxy groups -OCH3 is 2. The first-order valence-corrected chi connectivity index (χ1v) is 7.14. The van der Waals surface area contributed by atoms with E-state index in [-0.39, 0.29) is 23.7 Å². The van der Waals surface area contributed by atoms with Crippen molar-refractivity contribution in [3.05, 3.63) is 58.9 Å². The Morgan fingerprint density at radius 3 is 2.17 bits per heavy atom. The number of benzene rings is 2. The summed E-state index contributed by atoms with van der Waals surface area (Å²) < 4.78 is 28.8. The fraction of sp³-hybridized carbons (Fsp3) is 0.222. The molecule has 0 unspecified atom stereocenters. The number of rotatable bonds is 6. The number of Topliss-reactive ketones (excluding diaryl/α,β-unsaturated/α-hetero) is 1. The molecule has 0 aliphatic carbocycles. The maximum Gasteiger partial charge on any atom is 0.338 e. The average Bonchev–Trinajstić information content (AvgIpc) is 2.59. The zero-order chi connectivity index (χ0) is 17.7. The number of hydrogen-bond donors (Lipinski definition) is 0. The Morgan fingerprint density at radius 2 is 1.58 bits per heavy atom. The molecule has 0 amide bonds. The SMILES string of the molecule is COc1ccc(C(=O)OCc2cc(C(C)=O)ccc2OC)cc1F. The van der Waals surface area contributed by atoms with E-state index in [9.17, 15) is 14.0 Å². The second kappa shape index (κ2) is 7.59. The number of esters is 1.